The van der Waals surface area contributed by atoms with Crippen LogP contribution in [0.2, 0.25) is 0 Å². The summed E-state index contributed by atoms with van der Waals surface area (Å²) in [4.78, 5) is 12.8. The highest BCUT2D eigenvalue weighted by atomic mass is 14.8. The average molecular weight is 478 g/mol. The van der Waals surface area contributed by atoms with Crippen molar-refractivity contribution in [2.24, 2.45) is 0 Å². The first kappa shape index (κ1) is 24.4. The van der Waals surface area contributed by atoms with Gasteiger partial charge in [0.1, 0.15) is 0 Å². The van der Waals surface area contributed by atoms with Crippen molar-refractivity contribution in [3.63, 3.8) is 0 Å². The number of fused-ring (bicyclic) bond motifs is 8. The number of hydrogen-bond donors (Lipinski definition) is 2. The van der Waals surface area contributed by atoms with Gasteiger partial charge >= 0.3 is 0 Å². The Labute approximate surface area is 215 Å². The molecule has 0 saturated heterocycles. The molecule has 0 spiro atoms. The molecule has 1 aliphatic carbocycles. The molecule has 5 rings (SSSR count). The summed E-state index contributed by atoms with van der Waals surface area (Å²) < 4.78 is 0. The molecule has 0 unspecified atom stereocenters. The van der Waals surface area contributed by atoms with Gasteiger partial charge < -0.3 is 9.97 Å². The maximum atomic E-state index is 5.16. The Kier molecular flexibility index (Phi) is 6.75. The van der Waals surface area contributed by atoms with Gasteiger partial charge in [0.05, 0.1) is 11.4 Å². The zero-order chi connectivity index (χ0) is 25.4. The number of nitrogens with one attached hydrogen (secondary N) is 2. The first-order valence-electron chi connectivity index (χ1n) is 13.7. The van der Waals surface area contributed by atoms with Crippen molar-refractivity contribution >= 4 is 39.3 Å². The van der Waals surface area contributed by atoms with Crippen molar-refractivity contribution in [2.45, 2.75) is 80.1 Å². The molecular formula is C33H39N3. The van der Waals surface area contributed by atoms with Crippen LogP contribution in [0.15, 0.2) is 36.4 Å². The highest BCUT2D eigenvalue weighted by Gasteiger charge is 2.17. The second-order valence-electron chi connectivity index (χ2n) is 10.1. The van der Waals surface area contributed by atoms with Gasteiger partial charge in [-0.3, -0.25) is 0 Å². The minimum atomic E-state index is 0.977. The van der Waals surface area contributed by atoms with Gasteiger partial charge in [-0.1, -0.05) is 45.9 Å². The van der Waals surface area contributed by atoms with E-state index in [1.54, 1.807) is 0 Å². The third-order valence-corrected chi connectivity index (χ3v) is 8.00. The largest absolute Gasteiger partial charge is 0.355 e. The van der Waals surface area contributed by atoms with Crippen LogP contribution >= 0.6 is 0 Å². The van der Waals surface area contributed by atoms with Gasteiger partial charge in [0.2, 0.25) is 0 Å². The standard InChI is InChI=1S/C33H39N3/c1-7-24-20(5)28-16-22-13-11-12-14-23(15-22)17-29-21(6)25(8-2)31(35-29)19-33-27(10-4)26(9-3)32(36-33)18-30(24)34-28/h11,13,15-19,35-36H,7-10,12,14H2,1-6H3. The lowest BCUT2D eigenvalue weighted by Crippen LogP contribution is -1.86. The van der Waals surface area contributed by atoms with E-state index in [-0.39, 0.29) is 0 Å². The van der Waals surface area contributed by atoms with E-state index >= 15 is 0 Å². The van der Waals surface area contributed by atoms with E-state index in [0.29, 0.717) is 0 Å². The minimum absolute atomic E-state index is 0.977. The summed E-state index contributed by atoms with van der Waals surface area (Å²) in [6.07, 6.45) is 10.6. The Bertz CT molecular complexity index is 1540. The topological polar surface area (TPSA) is 44.5 Å². The third kappa shape index (κ3) is 4.25. The molecule has 3 aromatic rings. The Morgan fingerprint density at radius 2 is 1.36 bits per heavy atom. The number of nitrogens with zero attached hydrogens (tertiary/aromatic N) is 1. The van der Waals surface area contributed by atoms with E-state index in [9.17, 15) is 0 Å². The van der Waals surface area contributed by atoms with Crippen LogP contribution in [-0.2, 0) is 25.7 Å². The third-order valence-electron chi connectivity index (χ3n) is 8.00. The fourth-order valence-corrected chi connectivity index (χ4v) is 6.04. The lowest BCUT2D eigenvalue weighted by atomic mass is 10.0. The van der Waals surface area contributed by atoms with Gasteiger partial charge in [-0.05, 0) is 121 Å². The Balaban J connectivity index is 1.98. The molecule has 0 aromatic carbocycles. The Hall–Kier alpha value is -3.33. The summed E-state index contributed by atoms with van der Waals surface area (Å²) in [5, 5.41) is 0. The van der Waals surface area contributed by atoms with Crippen LogP contribution in [0.25, 0.3) is 39.3 Å². The highest BCUT2D eigenvalue weighted by molar-refractivity contribution is 5.92. The number of allylic oxidation sites excluding steroid dienone is 3. The summed E-state index contributed by atoms with van der Waals surface area (Å²) in [6, 6.07) is 11.6. The molecule has 0 saturated carbocycles. The molecule has 3 heteroatoms. The van der Waals surface area contributed by atoms with Gasteiger partial charge in [0, 0.05) is 22.1 Å². The molecule has 8 bridgehead atoms. The first-order chi connectivity index (χ1) is 17.5. The monoisotopic (exact) mass is 477 g/mol. The van der Waals surface area contributed by atoms with Crippen LogP contribution in [0.4, 0.5) is 0 Å². The van der Waals surface area contributed by atoms with Gasteiger partial charge in [-0.15, -0.1) is 0 Å². The molecule has 4 heterocycles. The van der Waals surface area contributed by atoms with Gasteiger partial charge in [-0.2, -0.15) is 0 Å². The number of aromatic nitrogens is 3. The molecule has 0 amide bonds. The summed E-state index contributed by atoms with van der Waals surface area (Å²) in [5.74, 6) is 0. The van der Waals surface area contributed by atoms with Crippen molar-refractivity contribution in [1.82, 2.24) is 15.0 Å². The normalized spacial score (nSPS) is 13.8. The van der Waals surface area contributed by atoms with Crippen LogP contribution in [-0.4, -0.2) is 15.0 Å². The Morgan fingerprint density at radius 1 is 0.694 bits per heavy atom. The van der Waals surface area contributed by atoms with Crippen LogP contribution in [0.1, 0.15) is 92.2 Å². The second-order valence-corrected chi connectivity index (χ2v) is 10.1. The molecule has 186 valence electrons. The van der Waals surface area contributed by atoms with Crippen molar-refractivity contribution in [1.29, 1.82) is 0 Å². The molecule has 0 fully saturated rings. The average Bonchev–Trinajstić information content (AvgIpc) is 3.37. The number of rotatable bonds is 4. The van der Waals surface area contributed by atoms with Crippen LogP contribution in [0.5, 0.6) is 0 Å². The number of aryl methyl sites for hydroxylation is 5. The zero-order valence-corrected chi connectivity index (χ0v) is 22.7. The molecular weight excluding hydrogens is 438 g/mol. The molecule has 3 nitrogen and oxygen atoms in total. The van der Waals surface area contributed by atoms with E-state index in [1.165, 1.54) is 66.6 Å². The van der Waals surface area contributed by atoms with E-state index in [0.717, 1.165) is 49.9 Å². The summed E-state index contributed by atoms with van der Waals surface area (Å²) in [5.41, 5.74) is 17.8. The molecule has 2 N–H and O–H groups in total. The van der Waals surface area contributed by atoms with Crippen molar-refractivity contribution in [2.75, 3.05) is 0 Å². The lowest BCUT2D eigenvalue weighted by Gasteiger charge is -2.01. The minimum Gasteiger partial charge on any atom is -0.355 e. The Morgan fingerprint density at radius 3 is 2.06 bits per heavy atom. The van der Waals surface area contributed by atoms with E-state index in [4.69, 9.17) is 4.98 Å². The van der Waals surface area contributed by atoms with Gasteiger partial charge in [-0.25, -0.2) is 4.98 Å². The molecule has 3 aromatic heterocycles. The van der Waals surface area contributed by atoms with E-state index < -0.39 is 0 Å². The fraction of sp³-hybridized carbons (Fsp3) is 0.364. The summed E-state index contributed by atoms with van der Waals surface area (Å²) >= 11 is 0. The maximum Gasteiger partial charge on any atom is 0.0693 e. The maximum absolute atomic E-state index is 5.16. The van der Waals surface area contributed by atoms with Crippen molar-refractivity contribution in [3.05, 3.63) is 81.2 Å². The van der Waals surface area contributed by atoms with Gasteiger partial charge in [0.15, 0.2) is 0 Å². The van der Waals surface area contributed by atoms with Gasteiger partial charge in [0.25, 0.3) is 0 Å². The second kappa shape index (κ2) is 9.97. The molecule has 1 aliphatic heterocycles. The van der Waals surface area contributed by atoms with Crippen LogP contribution in [0, 0.1) is 6.92 Å². The van der Waals surface area contributed by atoms with Crippen molar-refractivity contribution in [3.8, 4) is 0 Å². The van der Waals surface area contributed by atoms with Crippen LogP contribution in [0.3, 0.4) is 0 Å². The predicted molar refractivity (Wildman–Crippen MR) is 156 cm³/mol. The number of hydrogen-bond acceptors (Lipinski definition) is 1. The molecule has 36 heavy (non-hydrogen) atoms. The summed E-state index contributed by atoms with van der Waals surface area (Å²) in [6.45, 7) is 13.5. The fourth-order valence-electron chi connectivity index (χ4n) is 6.04. The number of aromatic amines is 2. The zero-order valence-electron chi connectivity index (χ0n) is 22.7. The van der Waals surface area contributed by atoms with E-state index in [1.807, 2.05) is 0 Å². The number of H-pyrrole nitrogens is 2. The van der Waals surface area contributed by atoms with Crippen molar-refractivity contribution < 1.29 is 0 Å². The summed E-state index contributed by atoms with van der Waals surface area (Å²) in [7, 11) is 0. The van der Waals surface area contributed by atoms with E-state index in [2.05, 4.69) is 94.0 Å². The smallest absolute Gasteiger partial charge is 0.0693 e. The molecule has 0 radical (unpaired) electrons. The quantitative estimate of drug-likeness (QED) is 0.387. The predicted octanol–water partition coefficient (Wildman–Crippen LogP) is 8.90. The first-order valence-corrected chi connectivity index (χ1v) is 13.7. The van der Waals surface area contributed by atoms with Crippen LogP contribution < -0.4 is 0 Å². The molecule has 0 atom stereocenters. The highest BCUT2D eigenvalue weighted by Crippen LogP contribution is 2.34. The molecule has 2 aliphatic rings. The SMILES string of the molecule is CCC1=C(C)c2cc3cc(cc4[nH]c(cc5[nH]c(cc1n2)c(CC)c5CC)c(CC)c4C)CCC=C3. The lowest BCUT2D eigenvalue weighted by molar-refractivity contribution is 1.01.